The first-order chi connectivity index (χ1) is 19.1. The van der Waals surface area contributed by atoms with E-state index in [1.807, 2.05) is 37.4 Å². The molecule has 1 heterocycles. The molecule has 0 bridgehead atoms. The number of amides is 2. The minimum Gasteiger partial charge on any atom is -0.345 e. The first-order valence-corrected chi connectivity index (χ1v) is 14.5. The summed E-state index contributed by atoms with van der Waals surface area (Å²) < 4.78 is 42.2. The van der Waals surface area contributed by atoms with E-state index in [4.69, 9.17) is 0 Å². The smallest absolute Gasteiger partial charge is 0.345 e. The molecule has 0 fully saturated rings. The van der Waals surface area contributed by atoms with Crippen LogP contribution >= 0.6 is 15.9 Å². The highest BCUT2D eigenvalue weighted by Crippen LogP contribution is 2.29. The number of aromatic nitrogens is 1. The van der Waals surface area contributed by atoms with Crippen molar-refractivity contribution in [1.82, 2.24) is 14.4 Å². The van der Waals surface area contributed by atoms with Gasteiger partial charge in [-0.2, -0.15) is 13.2 Å². The van der Waals surface area contributed by atoms with Gasteiger partial charge in [0.15, 0.2) is 0 Å². The van der Waals surface area contributed by atoms with Gasteiger partial charge in [0.2, 0.25) is 5.91 Å². The molecule has 2 amide bonds. The van der Waals surface area contributed by atoms with Crippen LogP contribution < -0.4 is 0 Å². The predicted molar refractivity (Wildman–Crippen MR) is 155 cm³/mol. The lowest BCUT2D eigenvalue weighted by Gasteiger charge is -2.28. The second kappa shape index (κ2) is 15.1. The fourth-order valence-electron chi connectivity index (χ4n) is 4.42. The molecule has 0 saturated carbocycles. The number of nitrogens with zero attached hydrogens (tertiary/aromatic N) is 3. The lowest BCUT2D eigenvalue weighted by molar-refractivity contribution is -0.137. The van der Waals surface area contributed by atoms with Crippen molar-refractivity contribution in [1.29, 1.82) is 0 Å². The van der Waals surface area contributed by atoms with Crippen molar-refractivity contribution in [3.8, 4) is 0 Å². The number of alkyl halides is 3. The zero-order chi connectivity index (χ0) is 29.1. The Hall–Kier alpha value is -3.07. The van der Waals surface area contributed by atoms with Gasteiger partial charge >= 0.3 is 6.18 Å². The SMILES string of the molecule is CCCCCN(CC(=O)N(CCCC)Cc1cccn1Cc1ccc(Br)cc1)C(=O)c1ccc(C(F)(F)F)cc1. The topological polar surface area (TPSA) is 45.6 Å². The van der Waals surface area contributed by atoms with Crippen LogP contribution in [0.4, 0.5) is 13.2 Å². The van der Waals surface area contributed by atoms with E-state index in [9.17, 15) is 22.8 Å². The summed E-state index contributed by atoms with van der Waals surface area (Å²) >= 11 is 3.46. The summed E-state index contributed by atoms with van der Waals surface area (Å²) in [6.07, 6.45) is 1.78. The average Bonchev–Trinajstić information content (AvgIpc) is 3.37. The zero-order valence-electron chi connectivity index (χ0n) is 23.1. The maximum Gasteiger partial charge on any atom is 0.416 e. The molecule has 0 unspecified atom stereocenters. The summed E-state index contributed by atoms with van der Waals surface area (Å²) in [6.45, 7) is 5.96. The van der Waals surface area contributed by atoms with E-state index in [2.05, 4.69) is 39.6 Å². The Morgan fingerprint density at radius 1 is 0.850 bits per heavy atom. The van der Waals surface area contributed by atoms with E-state index >= 15 is 0 Å². The number of unbranched alkanes of at least 4 members (excludes halogenated alkanes) is 3. The first kappa shape index (κ1) is 31.5. The van der Waals surface area contributed by atoms with Crippen molar-refractivity contribution >= 4 is 27.7 Å². The van der Waals surface area contributed by atoms with Gasteiger partial charge in [0.1, 0.15) is 6.54 Å². The molecule has 0 radical (unpaired) electrons. The molecule has 0 aliphatic rings. The Labute approximate surface area is 243 Å². The molecule has 40 heavy (non-hydrogen) atoms. The van der Waals surface area contributed by atoms with Crippen molar-refractivity contribution in [2.24, 2.45) is 0 Å². The molecule has 0 atom stereocenters. The maximum absolute atomic E-state index is 13.6. The summed E-state index contributed by atoms with van der Waals surface area (Å²) in [6, 6.07) is 16.2. The van der Waals surface area contributed by atoms with Crippen molar-refractivity contribution < 1.29 is 22.8 Å². The summed E-state index contributed by atoms with van der Waals surface area (Å²) in [5.74, 6) is -0.617. The number of carbonyl (C=O) groups excluding carboxylic acids is 2. The first-order valence-electron chi connectivity index (χ1n) is 13.7. The third-order valence-corrected chi connectivity index (χ3v) is 7.31. The standard InChI is InChI=1S/C31H37BrF3N3O2/c1-3-5-7-19-38(30(40)25-12-14-26(15-13-25)31(33,34)35)23-29(39)37(18-6-4-2)22-28-9-8-20-36(28)21-24-10-16-27(32)17-11-24/h8-17,20H,3-7,18-19,21-23H2,1-2H3. The molecule has 0 aliphatic heterocycles. The highest BCUT2D eigenvalue weighted by molar-refractivity contribution is 9.10. The Bertz CT molecular complexity index is 1220. The fourth-order valence-corrected chi connectivity index (χ4v) is 4.69. The molecule has 0 spiro atoms. The van der Waals surface area contributed by atoms with Crippen molar-refractivity contribution in [3.63, 3.8) is 0 Å². The van der Waals surface area contributed by atoms with Gasteiger partial charge in [-0.1, -0.05) is 61.2 Å². The van der Waals surface area contributed by atoms with Gasteiger partial charge in [-0.25, -0.2) is 0 Å². The largest absolute Gasteiger partial charge is 0.416 e. The number of carbonyl (C=O) groups is 2. The number of halogens is 4. The van der Waals surface area contributed by atoms with Gasteiger partial charge in [-0.15, -0.1) is 0 Å². The minimum absolute atomic E-state index is 0.124. The molecule has 216 valence electrons. The van der Waals surface area contributed by atoms with Crippen LogP contribution in [0.1, 0.15) is 73.1 Å². The van der Waals surface area contributed by atoms with Crippen LogP contribution in [0.3, 0.4) is 0 Å². The van der Waals surface area contributed by atoms with Crippen LogP contribution in [0.5, 0.6) is 0 Å². The van der Waals surface area contributed by atoms with E-state index in [0.717, 1.165) is 53.5 Å². The molecule has 0 saturated heterocycles. The quantitative estimate of drug-likeness (QED) is 0.173. The third-order valence-electron chi connectivity index (χ3n) is 6.78. The lowest BCUT2D eigenvalue weighted by atomic mass is 10.1. The number of benzene rings is 2. The average molecular weight is 621 g/mol. The van der Waals surface area contributed by atoms with Crippen molar-refractivity contribution in [3.05, 3.63) is 93.7 Å². The number of rotatable bonds is 14. The van der Waals surface area contributed by atoms with Crippen LogP contribution in [0, 0.1) is 0 Å². The van der Waals surface area contributed by atoms with E-state index in [1.54, 1.807) is 4.90 Å². The van der Waals surface area contributed by atoms with Gasteiger partial charge in [-0.3, -0.25) is 9.59 Å². The second-order valence-corrected chi connectivity index (χ2v) is 10.8. The molecular formula is C31H37BrF3N3O2. The van der Waals surface area contributed by atoms with Gasteiger partial charge < -0.3 is 14.4 Å². The number of hydrogen-bond donors (Lipinski definition) is 0. The van der Waals surface area contributed by atoms with Crippen LogP contribution in [0.25, 0.3) is 0 Å². The van der Waals surface area contributed by atoms with Gasteiger partial charge in [0, 0.05) is 41.6 Å². The molecule has 0 N–H and O–H groups in total. The lowest BCUT2D eigenvalue weighted by Crippen LogP contribution is -2.43. The molecule has 3 aromatic rings. The molecule has 0 aliphatic carbocycles. The Kier molecular flexibility index (Phi) is 11.9. The van der Waals surface area contributed by atoms with Crippen LogP contribution in [0.2, 0.25) is 0 Å². The monoisotopic (exact) mass is 619 g/mol. The van der Waals surface area contributed by atoms with Crippen LogP contribution in [-0.2, 0) is 24.1 Å². The summed E-state index contributed by atoms with van der Waals surface area (Å²) in [5, 5.41) is 0. The van der Waals surface area contributed by atoms with Crippen LogP contribution in [-0.4, -0.2) is 45.8 Å². The fraction of sp³-hybridized carbons (Fsp3) is 0.419. The van der Waals surface area contributed by atoms with E-state index < -0.39 is 17.6 Å². The molecular weight excluding hydrogens is 583 g/mol. The predicted octanol–water partition coefficient (Wildman–Crippen LogP) is 7.78. The van der Waals surface area contributed by atoms with Crippen molar-refractivity contribution in [2.75, 3.05) is 19.6 Å². The summed E-state index contributed by atoms with van der Waals surface area (Å²) in [7, 11) is 0. The third kappa shape index (κ3) is 9.25. The zero-order valence-corrected chi connectivity index (χ0v) is 24.7. The van der Waals surface area contributed by atoms with E-state index in [1.165, 1.54) is 17.0 Å². The second-order valence-electron chi connectivity index (χ2n) is 9.93. The Morgan fingerprint density at radius 2 is 1.50 bits per heavy atom. The summed E-state index contributed by atoms with van der Waals surface area (Å²) in [5.41, 5.74) is 1.45. The molecule has 9 heteroatoms. The number of hydrogen-bond acceptors (Lipinski definition) is 2. The van der Waals surface area contributed by atoms with E-state index in [0.29, 0.717) is 32.6 Å². The molecule has 5 nitrogen and oxygen atoms in total. The van der Waals surface area contributed by atoms with E-state index in [-0.39, 0.29) is 18.0 Å². The minimum atomic E-state index is -4.48. The highest BCUT2D eigenvalue weighted by atomic mass is 79.9. The van der Waals surface area contributed by atoms with Crippen LogP contribution in [0.15, 0.2) is 71.3 Å². The Balaban J connectivity index is 1.77. The normalized spacial score (nSPS) is 11.4. The molecule has 2 aromatic carbocycles. The van der Waals surface area contributed by atoms with Gasteiger partial charge in [-0.05, 0) is 66.9 Å². The highest BCUT2D eigenvalue weighted by Gasteiger charge is 2.31. The maximum atomic E-state index is 13.6. The summed E-state index contributed by atoms with van der Waals surface area (Å²) in [4.78, 5) is 30.2. The van der Waals surface area contributed by atoms with Gasteiger partial charge in [0.05, 0.1) is 12.1 Å². The van der Waals surface area contributed by atoms with Gasteiger partial charge in [0.25, 0.3) is 5.91 Å². The molecule has 1 aromatic heterocycles. The van der Waals surface area contributed by atoms with Crippen molar-refractivity contribution in [2.45, 2.75) is 65.2 Å². The molecule has 3 rings (SSSR count). The Morgan fingerprint density at radius 3 is 2.12 bits per heavy atom.